The first kappa shape index (κ1) is 17.3. The Kier molecular flexibility index (Phi) is 4.17. The lowest BCUT2D eigenvalue weighted by molar-refractivity contribution is -0.117. The maximum absolute atomic E-state index is 13.1. The number of aliphatic imine (C=N–C) groups is 1. The molecule has 0 radical (unpaired) electrons. The van der Waals surface area contributed by atoms with E-state index in [4.69, 9.17) is 28.2 Å². The summed E-state index contributed by atoms with van der Waals surface area (Å²) in [7, 11) is 0. The Balaban J connectivity index is 1.99. The highest BCUT2D eigenvalue weighted by atomic mass is 35.5. The van der Waals surface area contributed by atoms with Gasteiger partial charge in [0.15, 0.2) is 5.78 Å². The molecule has 1 N–H and O–H groups in total. The minimum atomic E-state index is -0.100. The van der Waals surface area contributed by atoms with Gasteiger partial charge < -0.3 is 5.32 Å². The second-order valence-corrected chi connectivity index (χ2v) is 8.36. The Labute approximate surface area is 162 Å². The van der Waals surface area contributed by atoms with E-state index in [1.807, 2.05) is 30.3 Å². The molecule has 0 amide bonds. The molecule has 0 unspecified atom stereocenters. The Morgan fingerprint density at radius 2 is 1.85 bits per heavy atom. The van der Waals surface area contributed by atoms with Crippen LogP contribution in [0.4, 0.5) is 11.4 Å². The van der Waals surface area contributed by atoms with Crippen molar-refractivity contribution in [3.8, 4) is 0 Å². The quantitative estimate of drug-likeness (QED) is 0.637. The zero-order valence-electron chi connectivity index (χ0n) is 14.6. The molecule has 0 saturated carbocycles. The molecule has 0 aromatic heterocycles. The van der Waals surface area contributed by atoms with Gasteiger partial charge in [-0.15, -0.1) is 0 Å². The fourth-order valence-corrected chi connectivity index (χ4v) is 4.09. The van der Waals surface area contributed by atoms with Gasteiger partial charge in [0.25, 0.3) is 0 Å². The lowest BCUT2D eigenvalue weighted by atomic mass is 9.74. The SMILES string of the molecule is CC1(C)CC(=O)C2=C(C1)Nc1ccccc1N=C2c1ccc(Cl)cc1Cl. The Hall–Kier alpha value is -2.10. The molecule has 1 aliphatic heterocycles. The number of anilines is 1. The molecule has 0 fully saturated rings. The van der Waals surface area contributed by atoms with Crippen LogP contribution in [0.15, 0.2) is 58.7 Å². The zero-order valence-corrected chi connectivity index (χ0v) is 16.1. The molecule has 5 heteroatoms. The molecule has 0 saturated heterocycles. The van der Waals surface area contributed by atoms with E-state index in [-0.39, 0.29) is 11.2 Å². The van der Waals surface area contributed by atoms with Gasteiger partial charge in [-0.05, 0) is 42.2 Å². The number of benzene rings is 2. The van der Waals surface area contributed by atoms with Crippen molar-refractivity contribution < 1.29 is 4.79 Å². The van der Waals surface area contributed by atoms with Crippen molar-refractivity contribution in [2.24, 2.45) is 10.4 Å². The molecular formula is C21H18Cl2N2O. The number of carbonyl (C=O) groups excluding carboxylic acids is 1. The lowest BCUT2D eigenvalue weighted by Gasteiger charge is -2.32. The van der Waals surface area contributed by atoms with Gasteiger partial charge in [-0.2, -0.15) is 0 Å². The Morgan fingerprint density at radius 1 is 1.08 bits per heavy atom. The molecule has 0 atom stereocenters. The fraction of sp³-hybridized carbons (Fsp3) is 0.238. The van der Waals surface area contributed by atoms with Crippen molar-refractivity contribution in [3.05, 3.63) is 69.3 Å². The fourth-order valence-electron chi connectivity index (χ4n) is 3.59. The van der Waals surface area contributed by atoms with Crippen molar-refractivity contribution in [2.45, 2.75) is 26.7 Å². The Bertz CT molecular complexity index is 989. The second kappa shape index (κ2) is 6.26. The van der Waals surface area contributed by atoms with Crippen LogP contribution in [0.25, 0.3) is 0 Å². The lowest BCUT2D eigenvalue weighted by Crippen LogP contribution is -2.31. The van der Waals surface area contributed by atoms with Crippen LogP contribution in [0.1, 0.15) is 32.3 Å². The third kappa shape index (κ3) is 3.06. The average molecular weight is 385 g/mol. The summed E-state index contributed by atoms with van der Waals surface area (Å²) in [5.41, 5.74) is 4.44. The predicted octanol–water partition coefficient (Wildman–Crippen LogP) is 6.18. The van der Waals surface area contributed by atoms with Crippen LogP contribution in [-0.2, 0) is 4.79 Å². The van der Waals surface area contributed by atoms with E-state index in [9.17, 15) is 4.79 Å². The van der Waals surface area contributed by atoms with Gasteiger partial charge in [-0.3, -0.25) is 4.79 Å². The highest BCUT2D eigenvalue weighted by Gasteiger charge is 2.37. The molecule has 0 spiro atoms. The molecule has 1 heterocycles. The number of rotatable bonds is 1. The molecule has 4 rings (SSSR count). The molecule has 1 aliphatic carbocycles. The van der Waals surface area contributed by atoms with Crippen LogP contribution >= 0.6 is 23.2 Å². The standard InChI is InChI=1S/C21H18Cl2N2O/c1-21(2)10-17-19(18(26)11-21)20(13-8-7-12(22)9-14(13)23)25-16-6-4-3-5-15(16)24-17/h3-9,24H,10-11H2,1-2H3. The highest BCUT2D eigenvalue weighted by molar-refractivity contribution is 6.40. The van der Waals surface area contributed by atoms with Gasteiger partial charge in [-0.1, -0.05) is 49.2 Å². The van der Waals surface area contributed by atoms with Crippen molar-refractivity contribution in [2.75, 3.05) is 5.32 Å². The molecule has 26 heavy (non-hydrogen) atoms. The van der Waals surface area contributed by atoms with Crippen LogP contribution in [0, 0.1) is 5.41 Å². The maximum atomic E-state index is 13.1. The summed E-state index contributed by atoms with van der Waals surface area (Å²) >= 11 is 12.5. The number of carbonyl (C=O) groups is 1. The summed E-state index contributed by atoms with van der Waals surface area (Å²) in [6.07, 6.45) is 1.25. The number of nitrogens with zero attached hydrogens (tertiary/aromatic N) is 1. The number of halogens is 2. The molecular weight excluding hydrogens is 367 g/mol. The van der Waals surface area contributed by atoms with Gasteiger partial charge in [-0.25, -0.2) is 4.99 Å². The van der Waals surface area contributed by atoms with Crippen molar-refractivity contribution in [3.63, 3.8) is 0 Å². The number of nitrogens with one attached hydrogen (secondary N) is 1. The second-order valence-electron chi connectivity index (χ2n) is 7.52. The van der Waals surface area contributed by atoms with Crippen LogP contribution in [0.3, 0.4) is 0 Å². The third-order valence-corrected chi connectivity index (χ3v) is 5.27. The van der Waals surface area contributed by atoms with Crippen LogP contribution in [0.2, 0.25) is 10.0 Å². The predicted molar refractivity (Wildman–Crippen MR) is 108 cm³/mol. The summed E-state index contributed by atoms with van der Waals surface area (Å²) in [6, 6.07) is 13.1. The van der Waals surface area contributed by atoms with E-state index in [1.165, 1.54) is 0 Å². The minimum Gasteiger partial charge on any atom is -0.356 e. The average Bonchev–Trinajstić information content (AvgIpc) is 2.69. The number of fused-ring (bicyclic) bond motifs is 1. The first-order chi connectivity index (χ1) is 12.3. The number of Topliss-reactive ketones (excluding diaryl/α,β-unsaturated/α-hetero) is 1. The smallest absolute Gasteiger partial charge is 0.167 e. The van der Waals surface area contributed by atoms with E-state index in [1.54, 1.807) is 12.1 Å². The van der Waals surface area contributed by atoms with E-state index in [0.717, 1.165) is 29.1 Å². The van der Waals surface area contributed by atoms with E-state index in [0.29, 0.717) is 27.8 Å². The molecule has 0 bridgehead atoms. The Morgan fingerprint density at radius 3 is 2.62 bits per heavy atom. The van der Waals surface area contributed by atoms with Crippen molar-refractivity contribution in [1.29, 1.82) is 0 Å². The number of para-hydroxylation sites is 2. The number of hydrogen-bond acceptors (Lipinski definition) is 3. The van der Waals surface area contributed by atoms with Gasteiger partial charge in [0.2, 0.25) is 0 Å². The minimum absolute atomic E-state index is 0.0846. The highest BCUT2D eigenvalue weighted by Crippen LogP contribution is 2.42. The monoisotopic (exact) mass is 384 g/mol. The maximum Gasteiger partial charge on any atom is 0.167 e. The van der Waals surface area contributed by atoms with Crippen LogP contribution in [-0.4, -0.2) is 11.5 Å². The van der Waals surface area contributed by atoms with Gasteiger partial charge in [0, 0.05) is 22.7 Å². The third-order valence-electron chi connectivity index (χ3n) is 4.72. The summed E-state index contributed by atoms with van der Waals surface area (Å²) in [6.45, 7) is 4.22. The number of allylic oxidation sites excluding steroid dienone is 2. The van der Waals surface area contributed by atoms with E-state index < -0.39 is 0 Å². The summed E-state index contributed by atoms with van der Waals surface area (Å²) in [5.74, 6) is 0.0846. The van der Waals surface area contributed by atoms with Crippen LogP contribution < -0.4 is 5.32 Å². The molecule has 3 nitrogen and oxygen atoms in total. The van der Waals surface area contributed by atoms with E-state index >= 15 is 0 Å². The summed E-state index contributed by atoms with van der Waals surface area (Å²) in [4.78, 5) is 17.9. The molecule has 2 aromatic rings. The molecule has 132 valence electrons. The van der Waals surface area contributed by atoms with Crippen molar-refractivity contribution >= 4 is 46.1 Å². The normalized spacial score (nSPS) is 18.5. The van der Waals surface area contributed by atoms with E-state index in [2.05, 4.69) is 19.2 Å². The summed E-state index contributed by atoms with van der Waals surface area (Å²) in [5, 5.41) is 4.49. The van der Waals surface area contributed by atoms with Gasteiger partial charge >= 0.3 is 0 Å². The van der Waals surface area contributed by atoms with Crippen LogP contribution in [0.5, 0.6) is 0 Å². The van der Waals surface area contributed by atoms with Gasteiger partial charge in [0.1, 0.15) is 0 Å². The number of hydrogen-bond donors (Lipinski definition) is 1. The topological polar surface area (TPSA) is 41.5 Å². The van der Waals surface area contributed by atoms with Gasteiger partial charge in [0.05, 0.1) is 27.7 Å². The first-order valence-corrected chi connectivity index (χ1v) is 9.26. The summed E-state index contributed by atoms with van der Waals surface area (Å²) < 4.78 is 0. The molecule has 2 aromatic carbocycles. The molecule has 2 aliphatic rings. The van der Waals surface area contributed by atoms with Crippen molar-refractivity contribution in [1.82, 2.24) is 0 Å². The largest absolute Gasteiger partial charge is 0.356 e. The number of ketones is 1. The first-order valence-electron chi connectivity index (χ1n) is 8.51. The zero-order chi connectivity index (χ0) is 18.5.